The van der Waals surface area contributed by atoms with Crippen molar-refractivity contribution in [1.82, 2.24) is 9.88 Å². The van der Waals surface area contributed by atoms with Crippen LogP contribution in [0.5, 0.6) is 0 Å². The van der Waals surface area contributed by atoms with Crippen LogP contribution in [0.25, 0.3) is 17.0 Å². The number of nitrogens with one attached hydrogen (secondary N) is 1. The lowest BCUT2D eigenvalue weighted by molar-refractivity contribution is 0.336. The van der Waals surface area contributed by atoms with Crippen molar-refractivity contribution in [3.05, 3.63) is 42.6 Å². The van der Waals surface area contributed by atoms with E-state index in [-0.39, 0.29) is 0 Å². The second kappa shape index (κ2) is 4.99. The molecule has 1 saturated heterocycles. The van der Waals surface area contributed by atoms with E-state index in [0.29, 0.717) is 0 Å². The van der Waals surface area contributed by atoms with Crippen molar-refractivity contribution in [2.24, 2.45) is 5.92 Å². The number of fused-ring (bicyclic) bond motifs is 1. The highest BCUT2D eigenvalue weighted by molar-refractivity contribution is 5.83. The molecule has 2 heterocycles. The summed E-state index contributed by atoms with van der Waals surface area (Å²) in [4.78, 5) is 0. The first-order valence-corrected chi connectivity index (χ1v) is 6.80. The van der Waals surface area contributed by atoms with Gasteiger partial charge in [-0.25, -0.2) is 0 Å². The average molecular weight is 240 g/mol. The summed E-state index contributed by atoms with van der Waals surface area (Å²) in [5, 5.41) is 4.75. The van der Waals surface area contributed by atoms with E-state index in [0.717, 1.165) is 25.6 Å². The zero-order valence-corrected chi connectivity index (χ0v) is 10.7. The summed E-state index contributed by atoms with van der Waals surface area (Å²) in [6, 6.07) is 10.9. The van der Waals surface area contributed by atoms with Crippen molar-refractivity contribution in [1.29, 1.82) is 0 Å². The van der Waals surface area contributed by atoms with Crippen LogP contribution in [0.4, 0.5) is 0 Å². The summed E-state index contributed by atoms with van der Waals surface area (Å²) in [6.45, 7) is 7.39. The zero-order valence-electron chi connectivity index (χ0n) is 10.7. The fourth-order valence-electron chi connectivity index (χ4n) is 2.93. The van der Waals surface area contributed by atoms with Crippen molar-refractivity contribution in [2.45, 2.75) is 19.4 Å². The maximum absolute atomic E-state index is 3.95. The van der Waals surface area contributed by atoms with E-state index in [9.17, 15) is 0 Å². The van der Waals surface area contributed by atoms with E-state index in [2.05, 4.69) is 46.8 Å². The molecule has 0 bridgehead atoms. The minimum absolute atomic E-state index is 0.792. The lowest BCUT2D eigenvalue weighted by Crippen LogP contribution is -2.30. The van der Waals surface area contributed by atoms with Crippen molar-refractivity contribution in [3.8, 4) is 0 Å². The van der Waals surface area contributed by atoms with Gasteiger partial charge < -0.3 is 9.88 Å². The van der Waals surface area contributed by atoms with E-state index in [1.807, 2.05) is 6.08 Å². The van der Waals surface area contributed by atoms with E-state index in [1.165, 1.54) is 29.4 Å². The summed E-state index contributed by atoms with van der Waals surface area (Å²) in [5.41, 5.74) is 2.58. The van der Waals surface area contributed by atoms with E-state index in [1.54, 1.807) is 0 Å². The van der Waals surface area contributed by atoms with Gasteiger partial charge in [0.1, 0.15) is 0 Å². The van der Waals surface area contributed by atoms with Gasteiger partial charge in [0, 0.05) is 23.1 Å². The van der Waals surface area contributed by atoms with Gasteiger partial charge in [-0.1, -0.05) is 24.8 Å². The summed E-state index contributed by atoms with van der Waals surface area (Å²) in [7, 11) is 0. The molecule has 2 aromatic rings. The molecule has 0 aliphatic carbocycles. The Morgan fingerprint density at radius 1 is 1.28 bits per heavy atom. The maximum Gasteiger partial charge on any atom is 0.0485 e. The van der Waals surface area contributed by atoms with Crippen LogP contribution in [0.3, 0.4) is 0 Å². The Balaban J connectivity index is 1.95. The molecule has 1 N–H and O–H groups in total. The molecule has 0 atom stereocenters. The van der Waals surface area contributed by atoms with Gasteiger partial charge in [0.25, 0.3) is 0 Å². The standard InChI is InChI=1S/C16H20N2/c1-2-15-11-14-5-3-4-6-16(14)18(15)12-13-7-9-17-10-8-13/h2-6,11,13,17H,1,7-10,12H2. The number of piperidine rings is 1. The number of benzene rings is 1. The molecular weight excluding hydrogens is 220 g/mol. The van der Waals surface area contributed by atoms with Crippen LogP contribution in [0.15, 0.2) is 36.9 Å². The first-order chi connectivity index (χ1) is 8.88. The van der Waals surface area contributed by atoms with Crippen molar-refractivity contribution in [3.63, 3.8) is 0 Å². The quantitative estimate of drug-likeness (QED) is 0.871. The number of para-hydroxylation sites is 1. The molecule has 1 aliphatic rings. The maximum atomic E-state index is 3.95. The third-order valence-electron chi connectivity index (χ3n) is 3.95. The normalized spacial score (nSPS) is 17.1. The Labute approximate surface area is 108 Å². The Morgan fingerprint density at radius 2 is 2.06 bits per heavy atom. The Morgan fingerprint density at radius 3 is 2.83 bits per heavy atom. The molecule has 0 radical (unpaired) electrons. The van der Waals surface area contributed by atoms with Crippen LogP contribution in [0.2, 0.25) is 0 Å². The number of hydrogen-bond donors (Lipinski definition) is 1. The summed E-state index contributed by atoms with van der Waals surface area (Å²) in [6.07, 6.45) is 4.53. The Kier molecular flexibility index (Phi) is 3.20. The molecule has 94 valence electrons. The third kappa shape index (κ3) is 2.08. The first kappa shape index (κ1) is 11.5. The molecule has 3 rings (SSSR count). The molecule has 0 unspecified atom stereocenters. The largest absolute Gasteiger partial charge is 0.341 e. The predicted octanol–water partition coefficient (Wildman–Crippen LogP) is 3.28. The predicted molar refractivity (Wildman–Crippen MR) is 77.6 cm³/mol. The molecule has 0 amide bonds. The fraction of sp³-hybridized carbons (Fsp3) is 0.375. The SMILES string of the molecule is C=Cc1cc2ccccc2n1CC1CCNCC1. The summed E-state index contributed by atoms with van der Waals surface area (Å²) in [5.74, 6) is 0.792. The van der Waals surface area contributed by atoms with Gasteiger partial charge in [0.2, 0.25) is 0 Å². The summed E-state index contributed by atoms with van der Waals surface area (Å²) < 4.78 is 2.43. The molecule has 1 fully saturated rings. The molecule has 0 spiro atoms. The second-order valence-corrected chi connectivity index (χ2v) is 5.14. The molecule has 1 aliphatic heterocycles. The molecular formula is C16H20N2. The van der Waals surface area contributed by atoms with Gasteiger partial charge >= 0.3 is 0 Å². The van der Waals surface area contributed by atoms with Crippen LogP contribution in [-0.2, 0) is 6.54 Å². The molecule has 2 heteroatoms. The van der Waals surface area contributed by atoms with Gasteiger partial charge in [0.05, 0.1) is 0 Å². The third-order valence-corrected chi connectivity index (χ3v) is 3.95. The monoisotopic (exact) mass is 240 g/mol. The molecule has 18 heavy (non-hydrogen) atoms. The topological polar surface area (TPSA) is 17.0 Å². The second-order valence-electron chi connectivity index (χ2n) is 5.14. The van der Waals surface area contributed by atoms with Gasteiger partial charge in [-0.15, -0.1) is 0 Å². The van der Waals surface area contributed by atoms with Gasteiger partial charge in [-0.05, 0) is 50.1 Å². The van der Waals surface area contributed by atoms with Crippen LogP contribution in [0.1, 0.15) is 18.5 Å². The van der Waals surface area contributed by atoms with Crippen molar-refractivity contribution < 1.29 is 0 Å². The number of hydrogen-bond acceptors (Lipinski definition) is 1. The molecule has 2 nitrogen and oxygen atoms in total. The molecule has 0 saturated carbocycles. The minimum atomic E-state index is 0.792. The highest BCUT2D eigenvalue weighted by Crippen LogP contribution is 2.24. The number of rotatable bonds is 3. The van der Waals surface area contributed by atoms with Crippen molar-refractivity contribution >= 4 is 17.0 Å². The smallest absolute Gasteiger partial charge is 0.0485 e. The lowest BCUT2D eigenvalue weighted by Gasteiger charge is -2.24. The van der Waals surface area contributed by atoms with Gasteiger partial charge in [-0.3, -0.25) is 0 Å². The van der Waals surface area contributed by atoms with E-state index >= 15 is 0 Å². The first-order valence-electron chi connectivity index (χ1n) is 6.80. The van der Waals surface area contributed by atoms with Crippen LogP contribution in [-0.4, -0.2) is 17.7 Å². The Bertz CT molecular complexity index is 547. The van der Waals surface area contributed by atoms with Crippen LogP contribution < -0.4 is 5.32 Å². The molecule has 1 aromatic carbocycles. The highest BCUT2D eigenvalue weighted by atomic mass is 15.0. The van der Waals surface area contributed by atoms with Crippen LogP contribution >= 0.6 is 0 Å². The number of nitrogens with zero attached hydrogens (tertiary/aromatic N) is 1. The average Bonchev–Trinajstić information content (AvgIpc) is 2.78. The Hall–Kier alpha value is -1.54. The van der Waals surface area contributed by atoms with Gasteiger partial charge in [0.15, 0.2) is 0 Å². The van der Waals surface area contributed by atoms with E-state index < -0.39 is 0 Å². The minimum Gasteiger partial charge on any atom is -0.341 e. The zero-order chi connectivity index (χ0) is 12.4. The van der Waals surface area contributed by atoms with Gasteiger partial charge in [-0.2, -0.15) is 0 Å². The summed E-state index contributed by atoms with van der Waals surface area (Å²) >= 11 is 0. The number of aromatic nitrogens is 1. The molecule has 1 aromatic heterocycles. The lowest BCUT2D eigenvalue weighted by atomic mass is 9.98. The fourth-order valence-corrected chi connectivity index (χ4v) is 2.93. The van der Waals surface area contributed by atoms with Crippen LogP contribution in [0, 0.1) is 5.92 Å². The van der Waals surface area contributed by atoms with Crippen molar-refractivity contribution in [2.75, 3.05) is 13.1 Å². The van der Waals surface area contributed by atoms with E-state index in [4.69, 9.17) is 0 Å². The highest BCUT2D eigenvalue weighted by Gasteiger charge is 2.15.